The number of unbranched alkanes of at least 4 members (excludes halogenated alkanes) is 2. The van der Waals surface area contributed by atoms with Crippen LogP contribution in [0.2, 0.25) is 5.02 Å². The highest BCUT2D eigenvalue weighted by Gasteiger charge is 2.26. The van der Waals surface area contributed by atoms with Crippen molar-refractivity contribution in [1.82, 2.24) is 14.2 Å². The van der Waals surface area contributed by atoms with E-state index in [9.17, 15) is 13.2 Å². The summed E-state index contributed by atoms with van der Waals surface area (Å²) in [4.78, 5) is 22.7. The number of benzene rings is 2. The van der Waals surface area contributed by atoms with Gasteiger partial charge in [-0.15, -0.1) is 12.4 Å². The van der Waals surface area contributed by atoms with Gasteiger partial charge in [0, 0.05) is 31.7 Å². The molecule has 1 aromatic heterocycles. The Balaban J connectivity index is 0.00000588. The van der Waals surface area contributed by atoms with E-state index in [1.165, 1.54) is 23.5 Å². The van der Waals surface area contributed by atoms with E-state index in [4.69, 9.17) is 21.3 Å². The topological polar surface area (TPSA) is 83.1 Å². The highest BCUT2D eigenvalue weighted by molar-refractivity contribution is 7.89. The van der Waals surface area contributed by atoms with E-state index >= 15 is 0 Å². The van der Waals surface area contributed by atoms with Crippen LogP contribution >= 0.6 is 35.3 Å². The maximum Gasteiger partial charge on any atom is 0.260 e. The molecule has 0 atom stereocenters. The molecule has 0 aliphatic rings. The molecule has 0 saturated heterocycles. The van der Waals surface area contributed by atoms with Crippen LogP contribution in [0.25, 0.3) is 10.2 Å². The summed E-state index contributed by atoms with van der Waals surface area (Å²) in [5.74, 6) is 0.336. The van der Waals surface area contributed by atoms with Crippen LogP contribution in [0.15, 0.2) is 41.3 Å². The van der Waals surface area contributed by atoms with Gasteiger partial charge in [0.05, 0.1) is 21.7 Å². The Labute approximate surface area is 260 Å². The molecular formula is C29H42Cl2N4O4S2. The van der Waals surface area contributed by atoms with E-state index in [-0.39, 0.29) is 23.2 Å². The van der Waals surface area contributed by atoms with Gasteiger partial charge in [0.2, 0.25) is 10.0 Å². The van der Waals surface area contributed by atoms with Crippen LogP contribution in [0.4, 0.5) is 5.13 Å². The number of ether oxygens (including phenoxy) is 1. The van der Waals surface area contributed by atoms with Crippen molar-refractivity contribution in [2.45, 2.75) is 58.3 Å². The molecular weight excluding hydrogens is 603 g/mol. The molecule has 0 fully saturated rings. The number of amides is 1. The van der Waals surface area contributed by atoms with Crippen molar-refractivity contribution in [2.75, 3.05) is 51.3 Å². The number of thiazole rings is 1. The normalized spacial score (nSPS) is 11.7. The summed E-state index contributed by atoms with van der Waals surface area (Å²) >= 11 is 7.80. The SMILES string of the molecule is CCCCN(CCCC)S(=O)(=O)c1ccc(C(=O)N(CCN(CC)CC)c2nc3c(OC)ccc(Cl)c3s2)cc1.Cl. The van der Waals surface area contributed by atoms with Crippen LogP contribution < -0.4 is 9.64 Å². The van der Waals surface area contributed by atoms with Gasteiger partial charge in [-0.2, -0.15) is 4.31 Å². The number of methoxy groups -OCH3 is 1. The predicted octanol–water partition coefficient (Wildman–Crippen LogP) is 6.96. The van der Waals surface area contributed by atoms with Crippen LogP contribution in [0.3, 0.4) is 0 Å². The van der Waals surface area contributed by atoms with Gasteiger partial charge in [0.15, 0.2) is 5.13 Å². The van der Waals surface area contributed by atoms with Gasteiger partial charge in [-0.25, -0.2) is 13.4 Å². The first-order chi connectivity index (χ1) is 19.2. The van der Waals surface area contributed by atoms with Gasteiger partial charge in [0.1, 0.15) is 11.3 Å². The number of hydrogen-bond donors (Lipinski definition) is 0. The summed E-state index contributed by atoms with van der Waals surface area (Å²) in [6.45, 7) is 12.0. The van der Waals surface area contributed by atoms with Gasteiger partial charge in [0.25, 0.3) is 5.91 Å². The fourth-order valence-electron chi connectivity index (χ4n) is 4.38. The zero-order valence-corrected chi connectivity index (χ0v) is 27.8. The number of likely N-dealkylation sites (N-methyl/N-ethyl adjacent to an activating group) is 1. The molecule has 0 saturated carbocycles. The third kappa shape index (κ3) is 8.55. The molecule has 0 spiro atoms. The molecule has 228 valence electrons. The van der Waals surface area contributed by atoms with E-state index in [1.807, 2.05) is 13.8 Å². The number of carbonyl (C=O) groups is 1. The number of carbonyl (C=O) groups excluding carboxylic acids is 1. The summed E-state index contributed by atoms with van der Waals surface area (Å²) in [5, 5.41) is 1.06. The Hall–Kier alpha value is -1.95. The Morgan fingerprint density at radius 2 is 1.54 bits per heavy atom. The molecule has 41 heavy (non-hydrogen) atoms. The van der Waals surface area contributed by atoms with E-state index < -0.39 is 10.0 Å². The third-order valence-electron chi connectivity index (χ3n) is 6.94. The summed E-state index contributed by atoms with van der Waals surface area (Å²) in [7, 11) is -2.08. The van der Waals surface area contributed by atoms with E-state index in [0.29, 0.717) is 53.2 Å². The van der Waals surface area contributed by atoms with Crippen molar-refractivity contribution in [1.29, 1.82) is 0 Å². The van der Waals surface area contributed by atoms with Crippen molar-refractivity contribution in [3.63, 3.8) is 0 Å². The van der Waals surface area contributed by atoms with Crippen molar-refractivity contribution in [2.24, 2.45) is 0 Å². The van der Waals surface area contributed by atoms with Crippen LogP contribution in [0.5, 0.6) is 5.75 Å². The highest BCUT2D eigenvalue weighted by atomic mass is 35.5. The standard InChI is InChI=1S/C29H41ClN4O4S2.ClH/c1-6-10-18-33(19-11-7-2)40(36,37)23-14-12-22(13-15-23)28(35)34(21-20-32(8-3)9-4)29-31-26-25(38-5)17-16-24(30)27(26)39-29;/h12-17H,6-11,18-21H2,1-5H3;1H. The number of sulfonamides is 1. The van der Waals surface area contributed by atoms with Crippen molar-refractivity contribution in [3.8, 4) is 5.75 Å². The number of anilines is 1. The van der Waals surface area contributed by atoms with Gasteiger partial charge in [-0.1, -0.05) is 63.5 Å². The fraction of sp³-hybridized carbons (Fsp3) is 0.517. The number of fused-ring (bicyclic) bond motifs is 1. The van der Waals surface area contributed by atoms with Crippen LogP contribution in [-0.2, 0) is 10.0 Å². The fourth-order valence-corrected chi connectivity index (χ4v) is 7.18. The molecule has 1 heterocycles. The zero-order valence-electron chi connectivity index (χ0n) is 24.6. The zero-order chi connectivity index (χ0) is 29.3. The smallest absolute Gasteiger partial charge is 0.260 e. The second-order valence-electron chi connectivity index (χ2n) is 9.54. The van der Waals surface area contributed by atoms with Crippen LogP contribution in [0, 0.1) is 0 Å². The maximum atomic E-state index is 13.9. The monoisotopic (exact) mass is 644 g/mol. The molecule has 0 bridgehead atoms. The van der Waals surface area contributed by atoms with Gasteiger partial charge in [-0.3, -0.25) is 9.69 Å². The molecule has 2 aromatic carbocycles. The van der Waals surface area contributed by atoms with Crippen LogP contribution in [0.1, 0.15) is 63.7 Å². The molecule has 8 nitrogen and oxygen atoms in total. The predicted molar refractivity (Wildman–Crippen MR) is 173 cm³/mol. The van der Waals surface area contributed by atoms with Crippen molar-refractivity contribution >= 4 is 66.6 Å². The Bertz CT molecular complexity index is 1360. The third-order valence-corrected chi connectivity index (χ3v) is 10.4. The lowest BCUT2D eigenvalue weighted by atomic mass is 10.2. The molecule has 3 aromatic rings. The number of rotatable bonds is 16. The molecule has 0 aliphatic heterocycles. The molecule has 3 rings (SSSR count). The lowest BCUT2D eigenvalue weighted by molar-refractivity contribution is 0.0983. The summed E-state index contributed by atoms with van der Waals surface area (Å²) in [6, 6.07) is 9.79. The number of aromatic nitrogens is 1. The number of nitrogens with zero attached hydrogens (tertiary/aromatic N) is 4. The second-order valence-corrected chi connectivity index (χ2v) is 12.9. The van der Waals surface area contributed by atoms with Crippen molar-refractivity contribution in [3.05, 3.63) is 47.0 Å². The highest BCUT2D eigenvalue weighted by Crippen LogP contribution is 2.39. The molecule has 0 unspecified atom stereocenters. The largest absolute Gasteiger partial charge is 0.494 e. The van der Waals surface area contributed by atoms with Crippen molar-refractivity contribution < 1.29 is 17.9 Å². The molecule has 12 heteroatoms. The molecule has 1 amide bonds. The van der Waals surface area contributed by atoms with Gasteiger partial charge < -0.3 is 9.64 Å². The van der Waals surface area contributed by atoms with E-state index in [1.54, 1.807) is 40.6 Å². The number of hydrogen-bond acceptors (Lipinski definition) is 7. The van der Waals surface area contributed by atoms with Gasteiger partial charge in [-0.05, 0) is 62.3 Å². The summed E-state index contributed by atoms with van der Waals surface area (Å²) in [6.07, 6.45) is 3.44. The molecule has 0 N–H and O–H groups in total. The minimum Gasteiger partial charge on any atom is -0.494 e. The average Bonchev–Trinajstić information content (AvgIpc) is 3.41. The Kier molecular flexibility index (Phi) is 14.3. The minimum absolute atomic E-state index is 0. The van der Waals surface area contributed by atoms with E-state index in [2.05, 4.69) is 18.7 Å². The minimum atomic E-state index is -3.66. The summed E-state index contributed by atoms with van der Waals surface area (Å²) < 4.78 is 34.6. The molecule has 0 aliphatic carbocycles. The van der Waals surface area contributed by atoms with Gasteiger partial charge >= 0.3 is 0 Å². The Morgan fingerprint density at radius 3 is 2.07 bits per heavy atom. The first-order valence-electron chi connectivity index (χ1n) is 14.0. The summed E-state index contributed by atoms with van der Waals surface area (Å²) in [5.41, 5.74) is 1.00. The lowest BCUT2D eigenvalue weighted by Gasteiger charge is -2.25. The second kappa shape index (κ2) is 16.6. The average molecular weight is 646 g/mol. The Morgan fingerprint density at radius 1 is 0.927 bits per heavy atom. The first-order valence-corrected chi connectivity index (χ1v) is 16.6. The van der Waals surface area contributed by atoms with E-state index in [0.717, 1.165) is 43.5 Å². The lowest BCUT2D eigenvalue weighted by Crippen LogP contribution is -2.39. The quantitative estimate of drug-likeness (QED) is 0.168. The number of halogens is 2. The maximum absolute atomic E-state index is 13.9. The molecule has 0 radical (unpaired) electrons. The van der Waals surface area contributed by atoms with Crippen LogP contribution in [-0.4, -0.2) is 74.9 Å². The first kappa shape index (κ1) is 35.2.